The molecular weight excluding hydrogens is 372 g/mol. The van der Waals surface area contributed by atoms with Gasteiger partial charge in [0.1, 0.15) is 6.04 Å². The molecule has 28 heavy (non-hydrogen) atoms. The Hall–Kier alpha value is -2.34. The van der Waals surface area contributed by atoms with Crippen LogP contribution in [0.25, 0.3) is 0 Å². The third-order valence-corrected chi connectivity index (χ3v) is 6.28. The summed E-state index contributed by atoms with van der Waals surface area (Å²) in [7, 11) is -3.63. The van der Waals surface area contributed by atoms with E-state index in [9.17, 15) is 13.2 Å². The molecule has 0 aromatic heterocycles. The molecule has 2 aromatic carbocycles. The number of amides is 1. The van der Waals surface area contributed by atoms with Gasteiger partial charge in [-0.3, -0.25) is 9.10 Å². The maximum Gasteiger partial charge on any atom is 0.244 e. The van der Waals surface area contributed by atoms with E-state index >= 15 is 0 Å². The van der Waals surface area contributed by atoms with Gasteiger partial charge in [-0.05, 0) is 62.9 Å². The number of anilines is 1. The summed E-state index contributed by atoms with van der Waals surface area (Å²) in [6.07, 6.45) is 1.84. The highest BCUT2D eigenvalue weighted by atomic mass is 32.2. The number of sulfonamides is 1. The molecule has 152 valence electrons. The third kappa shape index (κ3) is 5.13. The fourth-order valence-corrected chi connectivity index (χ4v) is 4.35. The van der Waals surface area contributed by atoms with Crippen LogP contribution in [0.1, 0.15) is 48.6 Å². The van der Waals surface area contributed by atoms with Crippen LogP contribution >= 0.6 is 0 Å². The zero-order chi connectivity index (χ0) is 21.1. The van der Waals surface area contributed by atoms with E-state index in [1.807, 2.05) is 58.0 Å². The number of hydrogen-bond donors (Lipinski definition) is 1. The van der Waals surface area contributed by atoms with Crippen LogP contribution in [0.4, 0.5) is 5.69 Å². The molecule has 5 nitrogen and oxygen atoms in total. The molecule has 0 aliphatic heterocycles. The number of aryl methyl sites for hydroxylation is 3. The van der Waals surface area contributed by atoms with Gasteiger partial charge in [0.2, 0.25) is 15.9 Å². The average molecular weight is 403 g/mol. The van der Waals surface area contributed by atoms with Gasteiger partial charge in [-0.25, -0.2) is 8.42 Å². The van der Waals surface area contributed by atoms with Crippen LogP contribution in [-0.4, -0.2) is 26.6 Å². The molecule has 0 saturated carbocycles. The largest absolute Gasteiger partial charge is 0.347 e. The molecule has 0 unspecified atom stereocenters. The number of benzene rings is 2. The third-order valence-electron chi connectivity index (χ3n) is 5.04. The molecule has 0 aliphatic rings. The van der Waals surface area contributed by atoms with Crippen molar-refractivity contribution in [1.29, 1.82) is 0 Å². The lowest BCUT2D eigenvalue weighted by atomic mass is 10.0. The van der Waals surface area contributed by atoms with Gasteiger partial charge < -0.3 is 5.32 Å². The quantitative estimate of drug-likeness (QED) is 0.760. The number of carbonyl (C=O) groups excluding carboxylic acids is 1. The standard InChI is InChI=1S/C22H30N2O3S/c1-7-21(19-11-8-15(2)9-12-19)23-22(25)18(5)24(28(6,26)27)20-13-10-16(3)17(4)14-20/h8-14,18,21H,7H2,1-6H3,(H,23,25)/t18-,21+/m0/s1. The van der Waals surface area contributed by atoms with Gasteiger partial charge >= 0.3 is 0 Å². The van der Waals surface area contributed by atoms with Gasteiger partial charge in [0.15, 0.2) is 0 Å². The molecule has 0 radical (unpaired) electrons. The summed E-state index contributed by atoms with van der Waals surface area (Å²) in [5, 5.41) is 3.01. The summed E-state index contributed by atoms with van der Waals surface area (Å²) < 4.78 is 26.2. The smallest absolute Gasteiger partial charge is 0.244 e. The molecule has 0 saturated heterocycles. The molecule has 0 aliphatic carbocycles. The Morgan fingerprint density at radius 3 is 2.14 bits per heavy atom. The van der Waals surface area contributed by atoms with Crippen LogP contribution in [0.5, 0.6) is 0 Å². The lowest BCUT2D eigenvalue weighted by molar-refractivity contribution is -0.122. The SMILES string of the molecule is CC[C@@H](NC(=O)[C@H](C)N(c1ccc(C)c(C)c1)S(C)(=O)=O)c1ccc(C)cc1. The van der Waals surface area contributed by atoms with E-state index in [-0.39, 0.29) is 11.9 Å². The van der Waals surface area contributed by atoms with Crippen molar-refractivity contribution in [1.82, 2.24) is 5.32 Å². The Morgan fingerprint density at radius 2 is 1.64 bits per heavy atom. The van der Waals surface area contributed by atoms with E-state index in [1.165, 1.54) is 4.31 Å². The first-order valence-electron chi connectivity index (χ1n) is 9.48. The molecule has 1 amide bonds. The predicted molar refractivity (Wildman–Crippen MR) is 115 cm³/mol. The average Bonchev–Trinajstić information content (AvgIpc) is 2.62. The molecule has 6 heteroatoms. The zero-order valence-corrected chi connectivity index (χ0v) is 18.3. The summed E-state index contributed by atoms with van der Waals surface area (Å²) in [6.45, 7) is 9.52. The summed E-state index contributed by atoms with van der Waals surface area (Å²) in [5.74, 6) is -0.323. The molecule has 0 spiro atoms. The van der Waals surface area contributed by atoms with Crippen molar-refractivity contribution in [2.24, 2.45) is 0 Å². The molecular formula is C22H30N2O3S. The van der Waals surface area contributed by atoms with Crippen molar-refractivity contribution in [3.05, 3.63) is 64.7 Å². The molecule has 2 atom stereocenters. The number of carbonyl (C=O) groups is 1. The van der Waals surface area contributed by atoms with Crippen LogP contribution in [0, 0.1) is 20.8 Å². The summed E-state index contributed by atoms with van der Waals surface area (Å²) in [6, 6.07) is 12.4. The van der Waals surface area contributed by atoms with Gasteiger partial charge in [0, 0.05) is 0 Å². The van der Waals surface area contributed by atoms with Crippen molar-refractivity contribution in [3.63, 3.8) is 0 Å². The van der Waals surface area contributed by atoms with Crippen LogP contribution in [0.2, 0.25) is 0 Å². The molecule has 0 fully saturated rings. The maximum absolute atomic E-state index is 12.9. The second-order valence-corrected chi connectivity index (χ2v) is 9.24. The van der Waals surface area contributed by atoms with E-state index in [0.717, 1.165) is 28.5 Å². The minimum Gasteiger partial charge on any atom is -0.347 e. The normalized spacial score (nSPS) is 13.6. The van der Waals surface area contributed by atoms with E-state index < -0.39 is 16.1 Å². The van der Waals surface area contributed by atoms with Gasteiger partial charge in [-0.15, -0.1) is 0 Å². The number of hydrogen-bond acceptors (Lipinski definition) is 3. The lowest BCUT2D eigenvalue weighted by Crippen LogP contribution is -2.48. The van der Waals surface area contributed by atoms with Crippen molar-refractivity contribution in [2.75, 3.05) is 10.6 Å². The Kier molecular flexibility index (Phi) is 6.88. The molecule has 2 aromatic rings. The number of rotatable bonds is 7. The van der Waals surface area contributed by atoms with Gasteiger partial charge in [-0.1, -0.05) is 42.8 Å². The monoisotopic (exact) mass is 402 g/mol. The first-order valence-corrected chi connectivity index (χ1v) is 11.3. The minimum atomic E-state index is -3.63. The first kappa shape index (κ1) is 22.0. The van der Waals surface area contributed by atoms with Gasteiger partial charge in [0.05, 0.1) is 18.0 Å². The van der Waals surface area contributed by atoms with Crippen molar-refractivity contribution >= 4 is 21.6 Å². The molecule has 1 N–H and O–H groups in total. The topological polar surface area (TPSA) is 66.5 Å². The maximum atomic E-state index is 12.9. The molecule has 2 rings (SSSR count). The fourth-order valence-electron chi connectivity index (χ4n) is 3.18. The van der Waals surface area contributed by atoms with Gasteiger partial charge in [-0.2, -0.15) is 0 Å². The first-order chi connectivity index (χ1) is 13.0. The van der Waals surface area contributed by atoms with Gasteiger partial charge in [0.25, 0.3) is 0 Å². The lowest BCUT2D eigenvalue weighted by Gasteiger charge is -2.30. The van der Waals surface area contributed by atoms with E-state index in [1.54, 1.807) is 19.1 Å². The highest BCUT2D eigenvalue weighted by Gasteiger charge is 2.30. The number of nitrogens with one attached hydrogen (secondary N) is 1. The Balaban J connectivity index is 2.30. The van der Waals surface area contributed by atoms with E-state index in [2.05, 4.69) is 5.32 Å². The van der Waals surface area contributed by atoms with Crippen LogP contribution in [0.3, 0.4) is 0 Å². The molecule has 0 bridgehead atoms. The highest BCUT2D eigenvalue weighted by molar-refractivity contribution is 7.92. The fraction of sp³-hybridized carbons (Fsp3) is 0.409. The predicted octanol–water partition coefficient (Wildman–Crippen LogP) is 4.03. The van der Waals surface area contributed by atoms with E-state index in [0.29, 0.717) is 12.1 Å². The summed E-state index contributed by atoms with van der Waals surface area (Å²) >= 11 is 0. The Bertz CT molecular complexity index is 937. The van der Waals surface area contributed by atoms with Crippen molar-refractivity contribution in [2.45, 2.75) is 53.1 Å². The van der Waals surface area contributed by atoms with Crippen LogP contribution < -0.4 is 9.62 Å². The highest BCUT2D eigenvalue weighted by Crippen LogP contribution is 2.25. The Labute approximate surface area is 168 Å². The van der Waals surface area contributed by atoms with Crippen LogP contribution in [-0.2, 0) is 14.8 Å². The second-order valence-electron chi connectivity index (χ2n) is 7.38. The summed E-state index contributed by atoms with van der Waals surface area (Å²) in [5.41, 5.74) is 4.70. The van der Waals surface area contributed by atoms with E-state index in [4.69, 9.17) is 0 Å². The number of nitrogens with zero attached hydrogens (tertiary/aromatic N) is 1. The van der Waals surface area contributed by atoms with Crippen molar-refractivity contribution in [3.8, 4) is 0 Å². The van der Waals surface area contributed by atoms with Crippen LogP contribution in [0.15, 0.2) is 42.5 Å². The minimum absolute atomic E-state index is 0.170. The molecule has 0 heterocycles. The van der Waals surface area contributed by atoms with Crippen molar-refractivity contribution < 1.29 is 13.2 Å². The second kappa shape index (κ2) is 8.78. The summed E-state index contributed by atoms with van der Waals surface area (Å²) in [4.78, 5) is 12.9. The zero-order valence-electron chi connectivity index (χ0n) is 17.5. The Morgan fingerprint density at radius 1 is 1.04 bits per heavy atom.